The van der Waals surface area contributed by atoms with Gasteiger partial charge >= 0.3 is 0 Å². The van der Waals surface area contributed by atoms with Gasteiger partial charge in [0.2, 0.25) is 5.89 Å². The van der Waals surface area contributed by atoms with Gasteiger partial charge in [0.25, 0.3) is 0 Å². The molecule has 154 valence electrons. The molecule has 0 amide bonds. The smallest absolute Gasteiger partial charge is 0.233 e. The highest BCUT2D eigenvalue weighted by molar-refractivity contribution is 5.79. The lowest BCUT2D eigenvalue weighted by Gasteiger charge is -2.08. The minimum absolute atomic E-state index is 0.0244. The van der Waals surface area contributed by atoms with Crippen molar-refractivity contribution >= 4 is 11.1 Å². The Morgan fingerprint density at radius 3 is 2.70 bits per heavy atom. The first-order chi connectivity index (χ1) is 14.7. The van der Waals surface area contributed by atoms with Gasteiger partial charge in [-0.15, -0.1) is 0 Å². The van der Waals surface area contributed by atoms with Crippen molar-refractivity contribution < 1.29 is 18.3 Å². The van der Waals surface area contributed by atoms with E-state index >= 15 is 0 Å². The summed E-state index contributed by atoms with van der Waals surface area (Å²) in [6, 6.07) is 15.6. The van der Waals surface area contributed by atoms with Crippen LogP contribution in [0.15, 0.2) is 65.2 Å². The summed E-state index contributed by atoms with van der Waals surface area (Å²) >= 11 is 0. The standard InChI is InChI=1S/C23H22FN3O3/c24-17-7-1-2-9-19(17)29-15-22-27-23-20(10-3-11-21(23)30-22)28-13-5-8-18-16(14-25)6-4-12-26-18/h1-4,6-7,9-12H,5,8,13-15,25H2. The van der Waals surface area contributed by atoms with Crippen molar-refractivity contribution in [3.63, 3.8) is 0 Å². The number of nitrogens with zero attached hydrogens (tertiary/aromatic N) is 2. The highest BCUT2D eigenvalue weighted by Gasteiger charge is 2.12. The van der Waals surface area contributed by atoms with Gasteiger partial charge in [0, 0.05) is 18.4 Å². The maximum Gasteiger partial charge on any atom is 0.233 e. The Bertz CT molecular complexity index is 1130. The number of hydrogen-bond acceptors (Lipinski definition) is 6. The third-order valence-corrected chi connectivity index (χ3v) is 4.63. The van der Waals surface area contributed by atoms with Gasteiger partial charge in [-0.3, -0.25) is 4.98 Å². The van der Waals surface area contributed by atoms with E-state index in [-0.39, 0.29) is 12.4 Å². The van der Waals surface area contributed by atoms with Crippen LogP contribution in [0.5, 0.6) is 11.5 Å². The van der Waals surface area contributed by atoms with Gasteiger partial charge in [0.05, 0.1) is 6.61 Å². The fraction of sp³-hybridized carbons (Fsp3) is 0.217. The van der Waals surface area contributed by atoms with Crippen LogP contribution < -0.4 is 15.2 Å². The quantitative estimate of drug-likeness (QED) is 0.414. The lowest BCUT2D eigenvalue weighted by molar-refractivity contribution is 0.255. The second kappa shape index (κ2) is 9.37. The Morgan fingerprint density at radius 2 is 1.83 bits per heavy atom. The lowest BCUT2D eigenvalue weighted by Crippen LogP contribution is -2.06. The van der Waals surface area contributed by atoms with Crippen molar-refractivity contribution in [2.24, 2.45) is 5.73 Å². The number of pyridine rings is 1. The number of nitrogens with two attached hydrogens (primary N) is 1. The van der Waals surface area contributed by atoms with E-state index in [2.05, 4.69) is 9.97 Å². The Balaban J connectivity index is 1.38. The molecule has 2 N–H and O–H groups in total. The van der Waals surface area contributed by atoms with Crippen molar-refractivity contribution in [3.8, 4) is 11.5 Å². The number of fused-ring (bicyclic) bond motifs is 1. The molecule has 2 aromatic carbocycles. The topological polar surface area (TPSA) is 83.4 Å². The number of rotatable bonds is 9. The maximum absolute atomic E-state index is 13.7. The molecule has 2 heterocycles. The molecule has 0 radical (unpaired) electrons. The van der Waals surface area contributed by atoms with Gasteiger partial charge in [0.1, 0.15) is 5.75 Å². The van der Waals surface area contributed by atoms with E-state index in [0.717, 1.165) is 24.1 Å². The van der Waals surface area contributed by atoms with E-state index in [0.29, 0.717) is 35.9 Å². The molecule has 2 aromatic heterocycles. The van der Waals surface area contributed by atoms with E-state index in [9.17, 15) is 4.39 Å². The molecule has 0 bridgehead atoms. The first-order valence-corrected chi connectivity index (χ1v) is 9.76. The van der Waals surface area contributed by atoms with Crippen LogP contribution in [0.2, 0.25) is 0 Å². The fourth-order valence-electron chi connectivity index (χ4n) is 3.15. The summed E-state index contributed by atoms with van der Waals surface area (Å²) in [6.45, 7) is 1.00. The molecule has 4 rings (SSSR count). The predicted molar refractivity (Wildman–Crippen MR) is 111 cm³/mol. The second-order valence-corrected chi connectivity index (χ2v) is 6.69. The summed E-state index contributed by atoms with van der Waals surface area (Å²) in [7, 11) is 0. The molecule has 0 atom stereocenters. The number of ether oxygens (including phenoxy) is 2. The molecular weight excluding hydrogens is 385 g/mol. The SMILES string of the molecule is NCc1cccnc1CCCOc1cccc2oc(COc3ccccc3F)nc12. The minimum Gasteiger partial charge on any atom is -0.491 e. The molecule has 30 heavy (non-hydrogen) atoms. The summed E-state index contributed by atoms with van der Waals surface area (Å²) in [6.07, 6.45) is 3.35. The largest absolute Gasteiger partial charge is 0.491 e. The van der Waals surface area contributed by atoms with Gasteiger partial charge in [-0.1, -0.05) is 24.3 Å². The number of halogens is 1. The number of para-hydroxylation sites is 2. The molecule has 0 aliphatic heterocycles. The van der Waals surface area contributed by atoms with E-state index in [1.165, 1.54) is 6.07 Å². The number of aryl methyl sites for hydroxylation is 1. The summed E-state index contributed by atoms with van der Waals surface area (Å²) in [5.41, 5.74) is 9.02. The van der Waals surface area contributed by atoms with Crippen molar-refractivity contribution in [1.82, 2.24) is 9.97 Å². The van der Waals surface area contributed by atoms with Gasteiger partial charge < -0.3 is 19.6 Å². The molecular formula is C23H22FN3O3. The minimum atomic E-state index is -0.427. The van der Waals surface area contributed by atoms with Gasteiger partial charge in [0.15, 0.2) is 29.3 Å². The van der Waals surface area contributed by atoms with Crippen LogP contribution >= 0.6 is 0 Å². The summed E-state index contributed by atoms with van der Waals surface area (Å²) in [5.74, 6) is 0.713. The van der Waals surface area contributed by atoms with Crippen LogP contribution in [0.3, 0.4) is 0 Å². The van der Waals surface area contributed by atoms with Gasteiger partial charge in [-0.05, 0) is 48.7 Å². The van der Waals surface area contributed by atoms with E-state index in [1.54, 1.807) is 24.4 Å². The molecule has 0 saturated carbocycles. The zero-order valence-corrected chi connectivity index (χ0v) is 16.4. The van der Waals surface area contributed by atoms with Crippen molar-refractivity contribution in [3.05, 3.63) is 83.8 Å². The van der Waals surface area contributed by atoms with Crippen LogP contribution in [-0.4, -0.2) is 16.6 Å². The molecule has 0 aliphatic carbocycles. The van der Waals surface area contributed by atoms with Crippen LogP contribution in [0.25, 0.3) is 11.1 Å². The Hall–Kier alpha value is -3.45. The fourth-order valence-corrected chi connectivity index (χ4v) is 3.15. The highest BCUT2D eigenvalue weighted by atomic mass is 19.1. The van der Waals surface area contributed by atoms with Crippen LogP contribution in [0.1, 0.15) is 23.6 Å². The van der Waals surface area contributed by atoms with E-state index < -0.39 is 5.82 Å². The highest BCUT2D eigenvalue weighted by Crippen LogP contribution is 2.27. The zero-order chi connectivity index (χ0) is 20.8. The monoisotopic (exact) mass is 407 g/mol. The van der Waals surface area contributed by atoms with E-state index in [1.807, 2.05) is 30.3 Å². The molecule has 4 aromatic rings. The van der Waals surface area contributed by atoms with Gasteiger partial charge in [-0.25, -0.2) is 9.37 Å². The van der Waals surface area contributed by atoms with Crippen molar-refractivity contribution in [2.75, 3.05) is 6.61 Å². The summed E-state index contributed by atoms with van der Waals surface area (Å²) in [4.78, 5) is 8.85. The number of hydrogen-bond donors (Lipinski definition) is 1. The first-order valence-electron chi connectivity index (χ1n) is 9.76. The molecule has 0 fully saturated rings. The summed E-state index contributed by atoms with van der Waals surface area (Å²) in [5, 5.41) is 0. The molecule has 7 heteroatoms. The van der Waals surface area contributed by atoms with Crippen molar-refractivity contribution in [1.29, 1.82) is 0 Å². The van der Waals surface area contributed by atoms with E-state index in [4.69, 9.17) is 19.6 Å². The van der Waals surface area contributed by atoms with Crippen LogP contribution in [-0.2, 0) is 19.6 Å². The number of aromatic nitrogens is 2. The molecule has 0 unspecified atom stereocenters. The zero-order valence-electron chi connectivity index (χ0n) is 16.4. The normalized spacial score (nSPS) is 11.0. The second-order valence-electron chi connectivity index (χ2n) is 6.69. The van der Waals surface area contributed by atoms with Crippen LogP contribution in [0.4, 0.5) is 4.39 Å². The van der Waals surface area contributed by atoms with Crippen LogP contribution in [0, 0.1) is 5.82 Å². The maximum atomic E-state index is 13.7. The molecule has 6 nitrogen and oxygen atoms in total. The number of oxazole rings is 1. The third-order valence-electron chi connectivity index (χ3n) is 4.63. The average molecular weight is 407 g/mol. The average Bonchev–Trinajstić information content (AvgIpc) is 3.20. The molecule has 0 spiro atoms. The van der Waals surface area contributed by atoms with Gasteiger partial charge in [-0.2, -0.15) is 0 Å². The molecule has 0 saturated heterocycles. The Labute approximate surface area is 173 Å². The lowest BCUT2D eigenvalue weighted by atomic mass is 10.1. The third kappa shape index (κ3) is 4.58. The van der Waals surface area contributed by atoms with Crippen molar-refractivity contribution in [2.45, 2.75) is 26.0 Å². The Morgan fingerprint density at radius 1 is 0.967 bits per heavy atom. The Kier molecular flexibility index (Phi) is 6.20. The molecule has 0 aliphatic rings. The summed E-state index contributed by atoms with van der Waals surface area (Å²) < 4.78 is 30.8. The first kappa shape index (κ1) is 19.8. The number of benzene rings is 2. The predicted octanol–water partition coefficient (Wildman–Crippen LogP) is 4.41.